The van der Waals surface area contributed by atoms with Gasteiger partial charge in [0.2, 0.25) is 0 Å². The molecule has 6 nitrogen and oxygen atoms in total. The Kier molecular flexibility index (Phi) is 4.94. The maximum Gasteiger partial charge on any atom is 0.410 e. The number of likely N-dealkylation sites (tertiary alicyclic amines) is 1. The monoisotopic (exact) mass is 357 g/mol. The Morgan fingerprint density at radius 2 is 2.12 bits per heavy atom. The van der Waals surface area contributed by atoms with Crippen LogP contribution >= 0.6 is 0 Å². The number of rotatable bonds is 3. The molecule has 1 fully saturated rings. The zero-order valence-corrected chi connectivity index (χ0v) is 16.2. The minimum atomic E-state index is -0.470. The largest absolute Gasteiger partial charge is 0.494 e. The molecule has 1 aliphatic rings. The Balaban J connectivity index is 1.73. The number of ether oxygens (including phenoxy) is 2. The van der Waals surface area contributed by atoms with E-state index in [0.29, 0.717) is 13.1 Å². The molecule has 0 unspecified atom stereocenters. The van der Waals surface area contributed by atoms with Crippen molar-refractivity contribution >= 4 is 22.7 Å². The molecule has 1 aromatic heterocycles. The number of fused-ring (bicyclic) bond motifs is 1. The van der Waals surface area contributed by atoms with Gasteiger partial charge in [-0.15, -0.1) is 0 Å². The number of methoxy groups -OCH3 is 1. The molecule has 1 aromatic carbocycles. The van der Waals surface area contributed by atoms with Gasteiger partial charge in [0.1, 0.15) is 16.9 Å². The van der Waals surface area contributed by atoms with E-state index < -0.39 is 5.60 Å². The van der Waals surface area contributed by atoms with E-state index in [4.69, 9.17) is 9.47 Å². The van der Waals surface area contributed by atoms with Gasteiger partial charge in [-0.3, -0.25) is 4.98 Å². The number of amides is 1. The minimum absolute atomic E-state index is 0.241. The van der Waals surface area contributed by atoms with E-state index in [1.54, 1.807) is 12.0 Å². The van der Waals surface area contributed by atoms with Gasteiger partial charge in [0, 0.05) is 31.6 Å². The maximum absolute atomic E-state index is 12.3. The molecule has 1 saturated heterocycles. The number of hydrogen-bond donors (Lipinski definition) is 0. The van der Waals surface area contributed by atoms with E-state index in [-0.39, 0.29) is 12.1 Å². The first-order chi connectivity index (χ1) is 12.3. The Hall–Kier alpha value is -2.50. The third kappa shape index (κ3) is 3.84. The normalized spacial score (nSPS) is 17.4. The lowest BCUT2D eigenvalue weighted by Crippen LogP contribution is -2.39. The fourth-order valence-corrected chi connectivity index (χ4v) is 3.24. The summed E-state index contributed by atoms with van der Waals surface area (Å²) in [5.41, 5.74) is 1.42. The van der Waals surface area contributed by atoms with Crippen LogP contribution in [0.4, 0.5) is 10.5 Å². The van der Waals surface area contributed by atoms with Crippen LogP contribution in [0, 0.1) is 0 Å². The van der Waals surface area contributed by atoms with Crippen LogP contribution in [0.5, 0.6) is 5.75 Å². The van der Waals surface area contributed by atoms with E-state index in [1.165, 1.54) is 0 Å². The number of benzene rings is 1. The summed E-state index contributed by atoms with van der Waals surface area (Å²) >= 11 is 0. The molecule has 3 rings (SSSR count). The molecule has 0 radical (unpaired) electrons. The summed E-state index contributed by atoms with van der Waals surface area (Å²) in [6.45, 7) is 7.03. The molecule has 0 N–H and O–H groups in total. The first-order valence-electron chi connectivity index (χ1n) is 8.92. The van der Waals surface area contributed by atoms with Crippen LogP contribution < -0.4 is 9.64 Å². The van der Waals surface area contributed by atoms with Crippen LogP contribution in [-0.4, -0.2) is 54.9 Å². The van der Waals surface area contributed by atoms with Crippen LogP contribution in [-0.2, 0) is 4.74 Å². The van der Waals surface area contributed by atoms with Crippen molar-refractivity contribution in [3.63, 3.8) is 0 Å². The zero-order valence-electron chi connectivity index (χ0n) is 16.2. The molecule has 0 bridgehead atoms. The summed E-state index contributed by atoms with van der Waals surface area (Å²) in [7, 11) is 3.70. The molecule has 0 spiro atoms. The van der Waals surface area contributed by atoms with Crippen molar-refractivity contribution in [3.05, 3.63) is 30.5 Å². The molecule has 1 amide bonds. The predicted molar refractivity (Wildman–Crippen MR) is 103 cm³/mol. The Bertz CT molecular complexity index is 800. The van der Waals surface area contributed by atoms with Crippen molar-refractivity contribution in [2.24, 2.45) is 0 Å². The third-order valence-corrected chi connectivity index (χ3v) is 4.65. The predicted octanol–water partition coefficient (Wildman–Crippen LogP) is 3.69. The second-order valence-electron chi connectivity index (χ2n) is 7.71. The van der Waals surface area contributed by atoms with E-state index in [0.717, 1.165) is 28.8 Å². The lowest BCUT2D eigenvalue weighted by Gasteiger charge is -2.28. The van der Waals surface area contributed by atoms with Crippen molar-refractivity contribution in [1.82, 2.24) is 9.88 Å². The highest BCUT2D eigenvalue weighted by Crippen LogP contribution is 2.28. The molecule has 26 heavy (non-hydrogen) atoms. The standard InChI is InChI=1S/C20H27N3O3/c1-20(2,3)26-19(24)23-10-9-15(13-23)22(4)16-11-14-7-6-8-17(25-5)18(14)21-12-16/h6-8,11-12,15H,9-10,13H2,1-5H3/t15-/m0/s1. The second kappa shape index (κ2) is 7.02. The number of para-hydroxylation sites is 1. The summed E-state index contributed by atoms with van der Waals surface area (Å²) in [6, 6.07) is 8.26. The second-order valence-corrected chi connectivity index (χ2v) is 7.71. The van der Waals surface area contributed by atoms with Crippen molar-refractivity contribution in [2.75, 3.05) is 32.1 Å². The van der Waals surface area contributed by atoms with Gasteiger partial charge in [0.15, 0.2) is 0 Å². The summed E-state index contributed by atoms with van der Waals surface area (Å²) in [4.78, 5) is 20.8. The number of likely N-dealkylation sites (N-methyl/N-ethyl adjacent to an activating group) is 1. The highest BCUT2D eigenvalue weighted by atomic mass is 16.6. The molecule has 0 saturated carbocycles. The van der Waals surface area contributed by atoms with Gasteiger partial charge in [0.25, 0.3) is 0 Å². The van der Waals surface area contributed by atoms with Gasteiger partial charge < -0.3 is 19.3 Å². The quantitative estimate of drug-likeness (QED) is 0.838. The smallest absolute Gasteiger partial charge is 0.410 e. The van der Waals surface area contributed by atoms with E-state index in [2.05, 4.69) is 16.0 Å². The highest BCUT2D eigenvalue weighted by molar-refractivity contribution is 5.86. The van der Waals surface area contributed by atoms with Crippen LogP contribution in [0.15, 0.2) is 30.5 Å². The van der Waals surface area contributed by atoms with E-state index in [1.807, 2.05) is 52.2 Å². The van der Waals surface area contributed by atoms with E-state index in [9.17, 15) is 4.79 Å². The summed E-state index contributed by atoms with van der Waals surface area (Å²) in [6.07, 6.45) is 2.53. The molecule has 6 heteroatoms. The fraction of sp³-hybridized carbons (Fsp3) is 0.500. The Morgan fingerprint density at radius 1 is 1.35 bits per heavy atom. The molecule has 1 aliphatic heterocycles. The van der Waals surface area contributed by atoms with Crippen LogP contribution in [0.3, 0.4) is 0 Å². The van der Waals surface area contributed by atoms with Crippen molar-refractivity contribution in [2.45, 2.75) is 38.8 Å². The SMILES string of the molecule is COc1cccc2cc(N(C)[C@H]3CCN(C(=O)OC(C)(C)C)C3)cnc12. The van der Waals surface area contributed by atoms with Gasteiger partial charge in [0.05, 0.1) is 19.0 Å². The van der Waals surface area contributed by atoms with E-state index >= 15 is 0 Å². The molecule has 0 aliphatic carbocycles. The number of carbonyl (C=O) groups is 1. The lowest BCUT2D eigenvalue weighted by molar-refractivity contribution is 0.0292. The van der Waals surface area contributed by atoms with Gasteiger partial charge in [-0.25, -0.2) is 4.79 Å². The van der Waals surface area contributed by atoms with Crippen molar-refractivity contribution in [1.29, 1.82) is 0 Å². The highest BCUT2D eigenvalue weighted by Gasteiger charge is 2.32. The molecular weight excluding hydrogens is 330 g/mol. The first-order valence-corrected chi connectivity index (χ1v) is 8.92. The van der Waals surface area contributed by atoms with Gasteiger partial charge in [-0.05, 0) is 39.3 Å². The number of pyridine rings is 1. The minimum Gasteiger partial charge on any atom is -0.494 e. The first kappa shape index (κ1) is 18.3. The van der Waals surface area contributed by atoms with Gasteiger partial charge >= 0.3 is 6.09 Å². The third-order valence-electron chi connectivity index (χ3n) is 4.65. The number of hydrogen-bond acceptors (Lipinski definition) is 5. The Morgan fingerprint density at radius 3 is 2.81 bits per heavy atom. The zero-order chi connectivity index (χ0) is 18.9. The molecular formula is C20H27N3O3. The summed E-state index contributed by atoms with van der Waals surface area (Å²) < 4.78 is 10.9. The van der Waals surface area contributed by atoms with Crippen LogP contribution in [0.2, 0.25) is 0 Å². The molecule has 1 atom stereocenters. The number of anilines is 1. The molecule has 140 valence electrons. The van der Waals surface area contributed by atoms with Gasteiger partial charge in [-0.1, -0.05) is 12.1 Å². The Labute approximate surface area is 154 Å². The van der Waals surface area contributed by atoms with Gasteiger partial charge in [-0.2, -0.15) is 0 Å². The van der Waals surface area contributed by atoms with Crippen LogP contribution in [0.25, 0.3) is 10.9 Å². The van der Waals surface area contributed by atoms with Crippen molar-refractivity contribution in [3.8, 4) is 5.75 Å². The average Bonchev–Trinajstić information content (AvgIpc) is 3.09. The number of aromatic nitrogens is 1. The van der Waals surface area contributed by atoms with Crippen molar-refractivity contribution < 1.29 is 14.3 Å². The molecule has 2 aromatic rings. The number of nitrogens with zero attached hydrogens (tertiary/aromatic N) is 3. The summed E-state index contributed by atoms with van der Waals surface area (Å²) in [5, 5.41) is 1.04. The summed E-state index contributed by atoms with van der Waals surface area (Å²) in [5.74, 6) is 0.772. The number of carbonyl (C=O) groups excluding carboxylic acids is 1. The average molecular weight is 357 g/mol. The molecule has 2 heterocycles. The maximum atomic E-state index is 12.3. The topological polar surface area (TPSA) is 54.9 Å². The fourth-order valence-electron chi connectivity index (χ4n) is 3.24. The van der Waals surface area contributed by atoms with Crippen LogP contribution in [0.1, 0.15) is 27.2 Å². The lowest BCUT2D eigenvalue weighted by atomic mass is 10.1.